The van der Waals surface area contributed by atoms with Gasteiger partial charge < -0.3 is 23.3 Å². The third kappa shape index (κ3) is 7.36. The number of nitrogens with zero attached hydrogens (tertiary/aromatic N) is 1. The molecule has 0 saturated heterocycles. The van der Waals surface area contributed by atoms with Crippen molar-refractivity contribution in [3.05, 3.63) is 96.6 Å². The summed E-state index contributed by atoms with van der Waals surface area (Å²) in [7, 11) is -2.04. The Kier molecular flexibility index (Phi) is 9.78. The van der Waals surface area contributed by atoms with Gasteiger partial charge in [-0.05, 0) is 31.2 Å². The largest absolute Gasteiger partial charge is 0.607 e. The standard InChI is InChI=1S/C25H26NO7PS/c1-2-31-23(27)18-26(24(28)35(30)19-20-12-6-3-7-13-20)25(34-29,32-21-14-8-4-9-15-21)33-22-16-10-5-11-17-22/h3-17H,2,18-19,34H2,1H3. The molecule has 0 bridgehead atoms. The number of hydrogen-bond acceptors (Lipinski definition) is 7. The highest BCUT2D eigenvalue weighted by atomic mass is 32.2. The van der Waals surface area contributed by atoms with Gasteiger partial charge in [0.25, 0.3) is 0 Å². The van der Waals surface area contributed by atoms with Crippen LogP contribution in [0, 0.1) is 0 Å². The molecule has 2 atom stereocenters. The molecule has 0 aliphatic carbocycles. The molecule has 1 amide bonds. The smallest absolute Gasteiger partial charge is 0.436 e. The van der Waals surface area contributed by atoms with Crippen LogP contribution in [0.5, 0.6) is 11.5 Å². The van der Waals surface area contributed by atoms with Crippen molar-refractivity contribution in [3.63, 3.8) is 0 Å². The van der Waals surface area contributed by atoms with Crippen molar-refractivity contribution in [3.8, 4) is 11.5 Å². The van der Waals surface area contributed by atoms with Crippen molar-refractivity contribution in [2.24, 2.45) is 0 Å². The fourth-order valence-corrected chi connectivity index (χ4v) is 4.96. The number of carbonyl (C=O) groups excluding carboxylic acids is 2. The normalized spacial score (nSPS) is 12.2. The van der Waals surface area contributed by atoms with Gasteiger partial charge in [-0.1, -0.05) is 66.7 Å². The molecule has 0 aromatic heterocycles. The monoisotopic (exact) mass is 515 g/mol. The number of rotatable bonds is 11. The van der Waals surface area contributed by atoms with Crippen molar-refractivity contribution in [2.45, 2.75) is 18.3 Å². The second kappa shape index (κ2) is 13.0. The molecular weight excluding hydrogens is 489 g/mol. The molecule has 0 N–H and O–H groups in total. The van der Waals surface area contributed by atoms with E-state index in [2.05, 4.69) is 0 Å². The molecule has 0 fully saturated rings. The van der Waals surface area contributed by atoms with Gasteiger partial charge in [0.2, 0.25) is 0 Å². The maximum Gasteiger partial charge on any atom is 0.436 e. The first-order valence-corrected chi connectivity index (χ1v) is 13.2. The lowest BCUT2D eigenvalue weighted by Crippen LogP contribution is -2.59. The first-order valence-electron chi connectivity index (χ1n) is 10.8. The molecule has 0 saturated carbocycles. The molecule has 3 aromatic carbocycles. The topological polar surface area (TPSA) is 105 Å². The Hall–Kier alpha value is -3.26. The summed E-state index contributed by atoms with van der Waals surface area (Å²) in [4.78, 5) is 26.8. The van der Waals surface area contributed by atoms with E-state index < -0.39 is 43.0 Å². The lowest BCUT2D eigenvalue weighted by atomic mass is 10.2. The summed E-state index contributed by atoms with van der Waals surface area (Å²) in [5, 5.41) is -0.975. The molecule has 2 unspecified atom stereocenters. The number of esters is 1. The molecule has 3 rings (SSSR count). The number of ether oxygens (including phenoxy) is 3. The molecule has 0 spiro atoms. The van der Waals surface area contributed by atoms with Gasteiger partial charge in [-0.2, -0.15) is 0 Å². The van der Waals surface area contributed by atoms with E-state index in [4.69, 9.17) is 14.2 Å². The molecule has 184 valence electrons. The molecule has 35 heavy (non-hydrogen) atoms. The maximum atomic E-state index is 13.5. The van der Waals surface area contributed by atoms with Gasteiger partial charge in [0.05, 0.1) is 17.8 Å². The Morgan fingerprint density at radius 1 is 0.886 bits per heavy atom. The second-order valence-corrected chi connectivity index (χ2v) is 9.51. The number of amides is 1. The van der Waals surface area contributed by atoms with Crippen molar-refractivity contribution in [1.29, 1.82) is 0 Å². The van der Waals surface area contributed by atoms with Crippen LogP contribution in [-0.2, 0) is 31.0 Å². The van der Waals surface area contributed by atoms with Gasteiger partial charge in [-0.3, -0.25) is 4.79 Å². The fourth-order valence-electron chi connectivity index (χ4n) is 3.11. The second-order valence-electron chi connectivity index (χ2n) is 7.21. The Morgan fingerprint density at radius 2 is 1.37 bits per heavy atom. The maximum absolute atomic E-state index is 13.5. The van der Waals surface area contributed by atoms with E-state index >= 15 is 0 Å². The zero-order valence-corrected chi connectivity index (χ0v) is 21.0. The Morgan fingerprint density at radius 3 is 1.83 bits per heavy atom. The van der Waals surface area contributed by atoms with Crippen LogP contribution < -0.4 is 9.47 Å². The summed E-state index contributed by atoms with van der Waals surface area (Å²) >= 11 is -2.14. The van der Waals surface area contributed by atoms with Crippen LogP contribution in [0.3, 0.4) is 0 Å². The van der Waals surface area contributed by atoms with E-state index in [1.54, 1.807) is 97.9 Å². The van der Waals surface area contributed by atoms with Crippen molar-refractivity contribution in [1.82, 2.24) is 4.90 Å². The van der Waals surface area contributed by atoms with E-state index in [1.807, 2.05) is 0 Å². The summed E-state index contributed by atoms with van der Waals surface area (Å²) in [5.41, 5.74) is -1.58. The van der Waals surface area contributed by atoms with Crippen LogP contribution in [0.25, 0.3) is 0 Å². The van der Waals surface area contributed by atoms with Crippen molar-refractivity contribution >= 4 is 30.8 Å². The average Bonchev–Trinajstić information content (AvgIpc) is 2.88. The lowest BCUT2D eigenvalue weighted by molar-refractivity contribution is -0.158. The predicted molar refractivity (Wildman–Crippen MR) is 134 cm³/mol. The molecular formula is C25H26NO7PS. The van der Waals surface area contributed by atoms with Crippen LogP contribution in [-0.4, -0.2) is 39.5 Å². The number of hydrogen-bond donors (Lipinski definition) is 0. The van der Waals surface area contributed by atoms with Gasteiger partial charge in [0.15, 0.2) is 8.46 Å². The SMILES string of the molecule is CCOC(=O)CN(C(=O)[S+]([O-])Cc1ccccc1)C(Oc1ccccc1)(Oc1ccccc1)[PH2]=O. The van der Waals surface area contributed by atoms with E-state index in [-0.39, 0.29) is 23.9 Å². The number of para-hydroxylation sites is 2. The van der Waals surface area contributed by atoms with Crippen LogP contribution >= 0.6 is 8.46 Å². The minimum Gasteiger partial charge on any atom is -0.607 e. The number of benzene rings is 3. The highest BCUT2D eigenvalue weighted by Gasteiger charge is 2.50. The number of carbonyl (C=O) groups is 2. The van der Waals surface area contributed by atoms with Crippen LogP contribution in [0.15, 0.2) is 91.0 Å². The zero-order chi connectivity index (χ0) is 25.1. The molecule has 8 nitrogen and oxygen atoms in total. The van der Waals surface area contributed by atoms with E-state index in [1.165, 1.54) is 0 Å². The molecule has 0 radical (unpaired) electrons. The van der Waals surface area contributed by atoms with E-state index in [0.29, 0.717) is 5.56 Å². The van der Waals surface area contributed by atoms with Gasteiger partial charge >= 0.3 is 16.9 Å². The van der Waals surface area contributed by atoms with Gasteiger partial charge in [-0.15, -0.1) is 0 Å². The lowest BCUT2D eigenvalue weighted by Gasteiger charge is -2.37. The highest BCUT2D eigenvalue weighted by molar-refractivity contribution is 8.05. The molecule has 0 aliphatic heterocycles. The third-order valence-electron chi connectivity index (χ3n) is 4.69. The Balaban J connectivity index is 2.03. The first kappa shape index (κ1) is 26.3. The summed E-state index contributed by atoms with van der Waals surface area (Å²) in [6.07, 6.45) is 0. The summed E-state index contributed by atoms with van der Waals surface area (Å²) < 4.78 is 42.9. The van der Waals surface area contributed by atoms with Gasteiger partial charge in [0.1, 0.15) is 23.8 Å². The van der Waals surface area contributed by atoms with Crippen molar-refractivity contribution < 1.29 is 32.9 Å². The fraction of sp³-hybridized carbons (Fsp3) is 0.200. The van der Waals surface area contributed by atoms with Gasteiger partial charge in [-0.25, -0.2) is 9.69 Å². The molecule has 3 aromatic rings. The molecule has 0 heterocycles. The minimum absolute atomic E-state index is 0.0598. The Bertz CT molecular complexity index is 1060. The van der Waals surface area contributed by atoms with Crippen LogP contribution in [0.1, 0.15) is 12.5 Å². The van der Waals surface area contributed by atoms with Crippen molar-refractivity contribution in [2.75, 3.05) is 13.2 Å². The van der Waals surface area contributed by atoms with Crippen LogP contribution in [0.2, 0.25) is 0 Å². The summed E-state index contributed by atoms with van der Waals surface area (Å²) in [6.45, 7) is 0.997. The molecule has 10 heteroatoms. The van der Waals surface area contributed by atoms with Crippen LogP contribution in [0.4, 0.5) is 4.79 Å². The predicted octanol–water partition coefficient (Wildman–Crippen LogP) is 4.45. The summed E-state index contributed by atoms with van der Waals surface area (Å²) in [5.74, 6) is -0.424. The first-order chi connectivity index (χ1) is 17.0. The quantitative estimate of drug-likeness (QED) is 0.161. The summed E-state index contributed by atoms with van der Waals surface area (Å²) in [6, 6.07) is 25.4. The van der Waals surface area contributed by atoms with E-state index in [0.717, 1.165) is 4.90 Å². The molecule has 0 aliphatic rings. The van der Waals surface area contributed by atoms with E-state index in [9.17, 15) is 18.7 Å². The highest BCUT2D eigenvalue weighted by Crippen LogP contribution is 2.36. The van der Waals surface area contributed by atoms with Gasteiger partial charge in [0, 0.05) is 5.56 Å². The zero-order valence-electron chi connectivity index (χ0n) is 19.1. The minimum atomic E-state index is -2.24. The Labute approximate surface area is 208 Å². The third-order valence-corrected chi connectivity index (χ3v) is 6.74. The average molecular weight is 516 g/mol.